The van der Waals surface area contributed by atoms with E-state index >= 15 is 0 Å². The van der Waals surface area contributed by atoms with Gasteiger partial charge in [0.1, 0.15) is 0 Å². The van der Waals surface area contributed by atoms with Gasteiger partial charge in [-0.3, -0.25) is 0 Å². The maximum Gasteiger partial charge on any atom is -0.0140 e. The van der Waals surface area contributed by atoms with Crippen LogP contribution in [0.2, 0.25) is 0 Å². The second-order valence-electron chi connectivity index (χ2n) is 5.20. The highest BCUT2D eigenvalue weighted by Gasteiger charge is 2.27. The molecule has 0 spiro atoms. The summed E-state index contributed by atoms with van der Waals surface area (Å²) in [6.45, 7) is 14.9. The molecule has 0 bridgehead atoms. The van der Waals surface area contributed by atoms with Crippen molar-refractivity contribution >= 4 is 0 Å². The van der Waals surface area contributed by atoms with Crippen LogP contribution in [-0.4, -0.2) is 0 Å². The van der Waals surface area contributed by atoms with Gasteiger partial charge in [0.15, 0.2) is 0 Å². The monoisotopic (exact) mass is 205 g/mol. The van der Waals surface area contributed by atoms with Crippen molar-refractivity contribution in [3.8, 4) is 0 Å². The zero-order valence-electron chi connectivity index (χ0n) is 10.6. The van der Waals surface area contributed by atoms with E-state index in [4.69, 9.17) is 0 Å². The molecule has 1 aliphatic rings. The van der Waals surface area contributed by atoms with Crippen molar-refractivity contribution in [2.24, 2.45) is 17.8 Å². The van der Waals surface area contributed by atoms with Crippen molar-refractivity contribution in [2.45, 2.75) is 46.5 Å². The summed E-state index contributed by atoms with van der Waals surface area (Å²) in [6, 6.07) is 0. The summed E-state index contributed by atoms with van der Waals surface area (Å²) < 4.78 is 0. The molecule has 0 aromatic carbocycles. The van der Waals surface area contributed by atoms with Gasteiger partial charge in [-0.05, 0) is 44.4 Å². The molecule has 1 aliphatic carbocycles. The van der Waals surface area contributed by atoms with E-state index in [-0.39, 0.29) is 0 Å². The summed E-state index contributed by atoms with van der Waals surface area (Å²) in [5, 5.41) is 0. The van der Waals surface area contributed by atoms with E-state index in [1.54, 1.807) is 5.57 Å². The molecule has 0 aliphatic heterocycles. The van der Waals surface area contributed by atoms with E-state index in [0.29, 0.717) is 11.8 Å². The van der Waals surface area contributed by atoms with Gasteiger partial charge >= 0.3 is 0 Å². The van der Waals surface area contributed by atoms with E-state index < -0.39 is 0 Å². The highest BCUT2D eigenvalue weighted by Crippen LogP contribution is 2.38. The minimum Gasteiger partial charge on any atom is -0.0998 e. The molecule has 0 nitrogen and oxygen atoms in total. The summed E-state index contributed by atoms with van der Waals surface area (Å²) in [5.74, 6) is 2.16. The van der Waals surface area contributed by atoms with Crippen LogP contribution in [0.25, 0.3) is 0 Å². The molecule has 3 unspecified atom stereocenters. The van der Waals surface area contributed by atoms with Crippen LogP contribution in [0, 0.1) is 24.7 Å². The Morgan fingerprint density at radius 2 is 2.27 bits per heavy atom. The zero-order chi connectivity index (χ0) is 11.4. The first-order valence-corrected chi connectivity index (χ1v) is 6.18. The molecule has 0 N–H and O–H groups in total. The second-order valence-corrected chi connectivity index (χ2v) is 5.20. The molecule has 3 atom stereocenters. The Balaban J connectivity index is 2.77. The molecule has 15 heavy (non-hydrogen) atoms. The Morgan fingerprint density at radius 3 is 2.80 bits per heavy atom. The lowest BCUT2D eigenvalue weighted by molar-refractivity contribution is 0.288. The number of hydrogen-bond donors (Lipinski definition) is 0. The Labute approximate surface area is 95.5 Å². The number of allylic oxidation sites excluding steroid dienone is 3. The average molecular weight is 205 g/mol. The van der Waals surface area contributed by atoms with Crippen molar-refractivity contribution in [2.75, 3.05) is 0 Å². The van der Waals surface area contributed by atoms with Gasteiger partial charge in [-0.25, -0.2) is 0 Å². The normalized spacial score (nSPS) is 28.4. The highest BCUT2D eigenvalue weighted by molar-refractivity contribution is 5.14. The number of rotatable bonds is 4. The standard InChI is InChI=1S/C15H25/c1-6-7-13(5)15-10-12(4)8-9-14(15)11(2)3/h10,13-15H,1-2,6-9H2,3-5H3. The van der Waals surface area contributed by atoms with Gasteiger partial charge < -0.3 is 0 Å². The van der Waals surface area contributed by atoms with Crippen LogP contribution < -0.4 is 0 Å². The molecule has 85 valence electrons. The van der Waals surface area contributed by atoms with Crippen LogP contribution in [0.5, 0.6) is 0 Å². The van der Waals surface area contributed by atoms with Crippen molar-refractivity contribution in [1.82, 2.24) is 0 Å². The van der Waals surface area contributed by atoms with Gasteiger partial charge in [0.05, 0.1) is 0 Å². The van der Waals surface area contributed by atoms with Crippen molar-refractivity contribution in [1.29, 1.82) is 0 Å². The molecule has 1 rings (SSSR count). The first-order chi connectivity index (χ1) is 7.06. The molecule has 0 saturated heterocycles. The van der Waals surface area contributed by atoms with Crippen molar-refractivity contribution in [3.05, 3.63) is 30.7 Å². The minimum atomic E-state index is 0.704. The quantitative estimate of drug-likeness (QED) is 0.579. The smallest absolute Gasteiger partial charge is 0.0140 e. The molecule has 0 aromatic rings. The topological polar surface area (TPSA) is 0 Å². The first-order valence-electron chi connectivity index (χ1n) is 6.18. The molecule has 0 aromatic heterocycles. The summed E-state index contributed by atoms with van der Waals surface area (Å²) in [5.41, 5.74) is 2.92. The van der Waals surface area contributed by atoms with Crippen LogP contribution in [0.3, 0.4) is 0 Å². The van der Waals surface area contributed by atoms with Crippen LogP contribution in [-0.2, 0) is 0 Å². The van der Waals surface area contributed by atoms with Gasteiger partial charge in [-0.1, -0.05) is 50.5 Å². The largest absolute Gasteiger partial charge is 0.0998 e. The highest BCUT2D eigenvalue weighted by atomic mass is 14.3. The fourth-order valence-corrected chi connectivity index (χ4v) is 2.75. The third-order valence-electron chi connectivity index (χ3n) is 3.74. The van der Waals surface area contributed by atoms with E-state index in [1.807, 2.05) is 0 Å². The lowest BCUT2D eigenvalue weighted by Gasteiger charge is -2.34. The molecule has 0 heterocycles. The Kier molecular flexibility index (Phi) is 4.63. The Bertz CT molecular complexity index is 247. The van der Waals surface area contributed by atoms with Gasteiger partial charge in [0.2, 0.25) is 0 Å². The predicted octanol–water partition coefficient (Wildman–Crippen LogP) is 4.79. The fraction of sp³-hybridized carbons (Fsp3) is 0.667. The van der Waals surface area contributed by atoms with Crippen molar-refractivity contribution < 1.29 is 0 Å². The molecule has 0 saturated carbocycles. The summed E-state index contributed by atoms with van der Waals surface area (Å²) >= 11 is 0. The van der Waals surface area contributed by atoms with Gasteiger partial charge in [-0.2, -0.15) is 0 Å². The lowest BCUT2D eigenvalue weighted by Crippen LogP contribution is -2.24. The predicted molar refractivity (Wildman–Crippen MR) is 68.5 cm³/mol. The minimum absolute atomic E-state index is 0.704. The van der Waals surface area contributed by atoms with E-state index in [2.05, 4.69) is 40.3 Å². The third-order valence-corrected chi connectivity index (χ3v) is 3.74. The van der Waals surface area contributed by atoms with E-state index in [1.165, 1.54) is 24.8 Å². The van der Waals surface area contributed by atoms with Gasteiger partial charge in [0, 0.05) is 0 Å². The molecule has 0 amide bonds. The summed E-state index contributed by atoms with van der Waals surface area (Å²) in [7, 11) is 0. The maximum absolute atomic E-state index is 4.15. The Hall–Kier alpha value is -0.520. The third kappa shape index (κ3) is 3.22. The van der Waals surface area contributed by atoms with E-state index in [9.17, 15) is 0 Å². The second kappa shape index (κ2) is 5.53. The molecular weight excluding hydrogens is 180 g/mol. The van der Waals surface area contributed by atoms with Crippen LogP contribution in [0.4, 0.5) is 0 Å². The zero-order valence-corrected chi connectivity index (χ0v) is 10.6. The summed E-state index contributed by atoms with van der Waals surface area (Å²) in [4.78, 5) is 0. The lowest BCUT2D eigenvalue weighted by atomic mass is 9.71. The van der Waals surface area contributed by atoms with Crippen LogP contribution in [0.15, 0.2) is 23.8 Å². The summed E-state index contributed by atoms with van der Waals surface area (Å²) in [6.07, 6.45) is 7.32. The maximum atomic E-state index is 4.15. The molecule has 0 fully saturated rings. The van der Waals surface area contributed by atoms with Gasteiger partial charge in [0.25, 0.3) is 0 Å². The molecular formula is C15H25. The van der Waals surface area contributed by atoms with Crippen LogP contribution >= 0.6 is 0 Å². The SMILES string of the molecule is [CH2]CCC(C)C1C=C(C)CCC1C(=C)C. The molecule has 0 heteroatoms. The molecule has 1 radical (unpaired) electrons. The first kappa shape index (κ1) is 12.5. The van der Waals surface area contributed by atoms with Crippen LogP contribution in [0.1, 0.15) is 46.5 Å². The average Bonchev–Trinajstić information content (AvgIpc) is 2.17. The van der Waals surface area contributed by atoms with E-state index in [0.717, 1.165) is 12.3 Å². The number of hydrogen-bond acceptors (Lipinski definition) is 0. The Morgan fingerprint density at radius 1 is 1.60 bits per heavy atom. The fourth-order valence-electron chi connectivity index (χ4n) is 2.75. The van der Waals surface area contributed by atoms with Crippen molar-refractivity contribution in [3.63, 3.8) is 0 Å². The van der Waals surface area contributed by atoms with Gasteiger partial charge in [-0.15, -0.1) is 0 Å².